The highest BCUT2D eigenvalue weighted by molar-refractivity contribution is 7.09. The van der Waals surface area contributed by atoms with E-state index in [2.05, 4.69) is 16.3 Å². The molecule has 1 aromatic rings. The first-order chi connectivity index (χ1) is 12.2. The van der Waals surface area contributed by atoms with Crippen LogP contribution in [0.25, 0.3) is 0 Å². The van der Waals surface area contributed by atoms with E-state index in [9.17, 15) is 9.59 Å². The molecule has 0 aromatic carbocycles. The van der Waals surface area contributed by atoms with E-state index in [0.717, 1.165) is 58.5 Å². The second-order valence-corrected chi connectivity index (χ2v) is 7.78. The number of ether oxygens (including phenoxy) is 1. The smallest absolute Gasteiger partial charge is 0.241 e. The molecule has 2 fully saturated rings. The van der Waals surface area contributed by atoms with Gasteiger partial charge in [0.05, 0.1) is 19.2 Å². The zero-order valence-electron chi connectivity index (χ0n) is 14.6. The molecule has 2 amide bonds. The molecule has 0 spiro atoms. The first-order valence-electron chi connectivity index (χ1n) is 9.11. The lowest BCUT2D eigenvalue weighted by atomic mass is 10.2. The van der Waals surface area contributed by atoms with Gasteiger partial charge in [-0.25, -0.2) is 0 Å². The molecule has 1 aromatic heterocycles. The summed E-state index contributed by atoms with van der Waals surface area (Å²) >= 11 is 1.70. The fourth-order valence-electron chi connectivity index (χ4n) is 3.40. The van der Waals surface area contributed by atoms with Crippen LogP contribution in [0.1, 0.15) is 30.6 Å². The Morgan fingerprint density at radius 3 is 2.84 bits per heavy atom. The molecule has 0 aliphatic carbocycles. The van der Waals surface area contributed by atoms with E-state index in [4.69, 9.17) is 4.74 Å². The molecule has 7 heteroatoms. The van der Waals surface area contributed by atoms with Crippen molar-refractivity contribution in [2.75, 3.05) is 39.3 Å². The Bertz CT molecular complexity index is 552. The quantitative estimate of drug-likeness (QED) is 0.758. The van der Waals surface area contributed by atoms with Gasteiger partial charge in [0.2, 0.25) is 11.8 Å². The number of likely N-dealkylation sites (tertiary alicyclic amines) is 1. The summed E-state index contributed by atoms with van der Waals surface area (Å²) in [6.45, 7) is 4.34. The highest BCUT2D eigenvalue weighted by atomic mass is 32.1. The van der Waals surface area contributed by atoms with Crippen LogP contribution in [0, 0.1) is 0 Å². The minimum Gasteiger partial charge on any atom is -0.377 e. The predicted octanol–water partition coefficient (Wildman–Crippen LogP) is 1.47. The van der Waals surface area contributed by atoms with Gasteiger partial charge in [0.1, 0.15) is 0 Å². The van der Waals surface area contributed by atoms with Gasteiger partial charge in [-0.2, -0.15) is 0 Å². The summed E-state index contributed by atoms with van der Waals surface area (Å²) < 4.78 is 5.72. The van der Waals surface area contributed by atoms with Crippen LogP contribution < -0.4 is 5.32 Å². The van der Waals surface area contributed by atoms with Crippen molar-refractivity contribution in [3.63, 3.8) is 0 Å². The number of nitrogens with zero attached hydrogens (tertiary/aromatic N) is 2. The zero-order chi connectivity index (χ0) is 17.5. The number of hydrogen-bond acceptors (Lipinski definition) is 5. The normalized spacial score (nSPS) is 20.4. The van der Waals surface area contributed by atoms with Gasteiger partial charge in [-0.15, -0.1) is 11.3 Å². The molecule has 138 valence electrons. The molecule has 1 N–H and O–H groups in total. The minimum atomic E-state index is -0.0953. The van der Waals surface area contributed by atoms with Crippen LogP contribution in [0.3, 0.4) is 0 Å². The molecule has 0 radical (unpaired) electrons. The summed E-state index contributed by atoms with van der Waals surface area (Å²) in [5, 5.41) is 4.84. The molecule has 2 aliphatic heterocycles. The first kappa shape index (κ1) is 18.4. The maximum absolute atomic E-state index is 12.3. The van der Waals surface area contributed by atoms with Crippen LogP contribution in [0.4, 0.5) is 0 Å². The Balaban J connectivity index is 1.47. The van der Waals surface area contributed by atoms with Crippen molar-refractivity contribution in [3.8, 4) is 0 Å². The number of carbonyl (C=O) groups is 2. The molecule has 1 unspecified atom stereocenters. The van der Waals surface area contributed by atoms with Crippen molar-refractivity contribution in [2.45, 2.75) is 38.3 Å². The first-order valence-corrected chi connectivity index (χ1v) is 9.99. The number of thiophene rings is 1. The number of hydrogen-bond donors (Lipinski definition) is 1. The van der Waals surface area contributed by atoms with Gasteiger partial charge in [0, 0.05) is 37.7 Å². The van der Waals surface area contributed by atoms with E-state index >= 15 is 0 Å². The summed E-state index contributed by atoms with van der Waals surface area (Å²) in [5.74, 6) is -0.0723. The average molecular weight is 365 g/mol. The lowest BCUT2D eigenvalue weighted by Gasteiger charge is -2.24. The number of carbonyl (C=O) groups excluding carboxylic acids is 2. The Morgan fingerprint density at radius 1 is 1.32 bits per heavy atom. The molecule has 1 atom stereocenters. The van der Waals surface area contributed by atoms with Crippen LogP contribution in [0.5, 0.6) is 0 Å². The van der Waals surface area contributed by atoms with E-state index in [-0.39, 0.29) is 24.5 Å². The molecule has 0 saturated carbocycles. The van der Waals surface area contributed by atoms with Gasteiger partial charge >= 0.3 is 0 Å². The van der Waals surface area contributed by atoms with E-state index in [0.29, 0.717) is 6.54 Å². The average Bonchev–Trinajstić information content (AvgIpc) is 3.35. The molecule has 25 heavy (non-hydrogen) atoms. The molecule has 2 saturated heterocycles. The maximum atomic E-state index is 12.3. The Labute approximate surface area is 153 Å². The third kappa shape index (κ3) is 5.80. The largest absolute Gasteiger partial charge is 0.377 e. The highest BCUT2D eigenvalue weighted by Gasteiger charge is 2.22. The fourth-order valence-corrected chi connectivity index (χ4v) is 4.14. The van der Waals surface area contributed by atoms with Gasteiger partial charge in [-0.3, -0.25) is 14.5 Å². The minimum absolute atomic E-state index is 0.0229. The molecular weight excluding hydrogens is 338 g/mol. The van der Waals surface area contributed by atoms with Crippen LogP contribution in [0.15, 0.2) is 17.5 Å². The lowest BCUT2D eigenvalue weighted by molar-refractivity contribution is -0.132. The number of amides is 2. The van der Waals surface area contributed by atoms with Gasteiger partial charge < -0.3 is 15.0 Å². The van der Waals surface area contributed by atoms with Crippen molar-refractivity contribution in [3.05, 3.63) is 22.4 Å². The Morgan fingerprint density at radius 2 is 2.16 bits per heavy atom. The standard InChI is InChI=1S/C18H27N3O3S/c22-17(19-11-18(23)21-7-1-2-8-21)14-20(12-15-5-3-9-24-15)13-16-6-4-10-25-16/h4,6,10,15H,1-3,5,7-9,11-14H2,(H,19,22). The molecule has 3 rings (SSSR count). The third-order valence-electron chi connectivity index (χ3n) is 4.71. The van der Waals surface area contributed by atoms with Crippen molar-refractivity contribution in [1.29, 1.82) is 0 Å². The number of nitrogens with one attached hydrogen (secondary N) is 1. The van der Waals surface area contributed by atoms with Gasteiger partial charge in [-0.1, -0.05) is 6.07 Å². The summed E-state index contributed by atoms with van der Waals surface area (Å²) in [4.78, 5) is 29.6. The maximum Gasteiger partial charge on any atom is 0.241 e. The van der Waals surface area contributed by atoms with Gasteiger partial charge in [-0.05, 0) is 37.1 Å². The molecule has 2 aliphatic rings. The van der Waals surface area contributed by atoms with Crippen LogP contribution >= 0.6 is 11.3 Å². The molecule has 3 heterocycles. The Kier molecular flexibility index (Phi) is 6.84. The van der Waals surface area contributed by atoms with E-state index < -0.39 is 0 Å². The lowest BCUT2D eigenvalue weighted by Crippen LogP contribution is -2.44. The molecule has 6 nitrogen and oxygen atoms in total. The molecule has 0 bridgehead atoms. The van der Waals surface area contributed by atoms with E-state index in [1.165, 1.54) is 4.88 Å². The highest BCUT2D eigenvalue weighted by Crippen LogP contribution is 2.17. The van der Waals surface area contributed by atoms with Crippen LogP contribution in [0.2, 0.25) is 0 Å². The summed E-state index contributed by atoms with van der Waals surface area (Å²) in [6.07, 6.45) is 4.48. The number of rotatable bonds is 8. The topological polar surface area (TPSA) is 61.9 Å². The monoisotopic (exact) mass is 365 g/mol. The van der Waals surface area contributed by atoms with Crippen LogP contribution in [-0.4, -0.2) is 67.0 Å². The van der Waals surface area contributed by atoms with E-state index in [1.807, 2.05) is 16.3 Å². The zero-order valence-corrected chi connectivity index (χ0v) is 15.4. The predicted molar refractivity (Wildman–Crippen MR) is 97.4 cm³/mol. The second kappa shape index (κ2) is 9.31. The van der Waals surface area contributed by atoms with Gasteiger partial charge in [0.15, 0.2) is 0 Å². The van der Waals surface area contributed by atoms with Crippen molar-refractivity contribution in [1.82, 2.24) is 15.1 Å². The molecular formula is C18H27N3O3S. The third-order valence-corrected chi connectivity index (χ3v) is 5.57. The summed E-state index contributed by atoms with van der Waals surface area (Å²) in [5.41, 5.74) is 0. The summed E-state index contributed by atoms with van der Waals surface area (Å²) in [7, 11) is 0. The fraction of sp³-hybridized carbons (Fsp3) is 0.667. The van der Waals surface area contributed by atoms with Crippen molar-refractivity contribution in [2.24, 2.45) is 0 Å². The second-order valence-electron chi connectivity index (χ2n) is 6.75. The van der Waals surface area contributed by atoms with Crippen LogP contribution in [-0.2, 0) is 20.9 Å². The van der Waals surface area contributed by atoms with E-state index in [1.54, 1.807) is 11.3 Å². The SMILES string of the molecule is O=C(CN(Cc1cccs1)CC1CCCO1)NCC(=O)N1CCCC1. The van der Waals surface area contributed by atoms with Gasteiger partial charge in [0.25, 0.3) is 0 Å². The Hall–Kier alpha value is -1.44. The van der Waals surface area contributed by atoms with Crippen molar-refractivity contribution >= 4 is 23.2 Å². The van der Waals surface area contributed by atoms with Crippen molar-refractivity contribution < 1.29 is 14.3 Å². The summed E-state index contributed by atoms with van der Waals surface area (Å²) in [6, 6.07) is 4.11.